The highest BCUT2D eigenvalue weighted by molar-refractivity contribution is 5.72. The summed E-state index contributed by atoms with van der Waals surface area (Å²) in [5.41, 5.74) is 3.13. The normalized spacial score (nSPS) is 14.7. The number of hydrogen-bond donors (Lipinski definition) is 1. The molecule has 2 nitrogen and oxygen atoms in total. The molecule has 1 heterocycles. The maximum Gasteiger partial charge on any atom is 0.0739 e. The molecule has 0 fully saturated rings. The van der Waals surface area contributed by atoms with Crippen molar-refractivity contribution in [3.63, 3.8) is 0 Å². The number of anilines is 1. The van der Waals surface area contributed by atoms with Gasteiger partial charge >= 0.3 is 0 Å². The molecule has 0 unspecified atom stereocenters. The van der Waals surface area contributed by atoms with Crippen LogP contribution >= 0.6 is 0 Å². The lowest BCUT2D eigenvalue weighted by atomic mass is 10.1. The van der Waals surface area contributed by atoms with Gasteiger partial charge < -0.3 is 0 Å². The molecular weight excluding hydrogens is 150 g/mol. The van der Waals surface area contributed by atoms with E-state index in [0.29, 0.717) is 6.54 Å². The molecule has 0 radical (unpaired) electrons. The van der Waals surface area contributed by atoms with Gasteiger partial charge in [-0.1, -0.05) is 30.4 Å². The molecule has 62 valence electrons. The molecule has 1 N–H and O–H groups in total. The lowest BCUT2D eigenvalue weighted by molar-refractivity contribution is 0.264. The van der Waals surface area contributed by atoms with Crippen molar-refractivity contribution in [3.8, 4) is 0 Å². The van der Waals surface area contributed by atoms with E-state index in [1.54, 1.807) is 0 Å². The quantitative estimate of drug-likeness (QED) is 0.630. The second-order valence-electron chi connectivity index (χ2n) is 3.00. The van der Waals surface area contributed by atoms with E-state index in [1.165, 1.54) is 5.06 Å². The van der Waals surface area contributed by atoms with Crippen LogP contribution in [-0.2, 0) is 0 Å². The number of rotatable bonds is 0. The van der Waals surface area contributed by atoms with Gasteiger partial charge in [0.15, 0.2) is 0 Å². The van der Waals surface area contributed by atoms with Gasteiger partial charge in [-0.2, -0.15) is 0 Å². The lowest BCUT2D eigenvalue weighted by Gasteiger charge is -2.23. The Morgan fingerprint density at radius 2 is 2.25 bits per heavy atom. The number of hydroxylamine groups is 1. The van der Waals surface area contributed by atoms with Crippen LogP contribution in [0.3, 0.4) is 0 Å². The highest BCUT2D eigenvalue weighted by Gasteiger charge is 2.11. The van der Waals surface area contributed by atoms with Crippen LogP contribution < -0.4 is 5.06 Å². The van der Waals surface area contributed by atoms with E-state index in [0.717, 1.165) is 16.8 Å². The van der Waals surface area contributed by atoms with Crippen molar-refractivity contribution < 1.29 is 5.21 Å². The zero-order valence-corrected chi connectivity index (χ0v) is 6.99. The van der Waals surface area contributed by atoms with Crippen LogP contribution in [0.1, 0.15) is 11.1 Å². The average Bonchev–Trinajstić information content (AvgIpc) is 2.04. The third-order valence-electron chi connectivity index (χ3n) is 2.10. The Hall–Kier alpha value is -1.28. The van der Waals surface area contributed by atoms with Gasteiger partial charge in [0, 0.05) is 5.56 Å². The molecule has 1 aliphatic heterocycles. The molecule has 0 aromatic heterocycles. The minimum absolute atomic E-state index is 0.581. The summed E-state index contributed by atoms with van der Waals surface area (Å²) in [5, 5.41) is 10.8. The Labute approximate surface area is 71.7 Å². The fourth-order valence-corrected chi connectivity index (χ4v) is 1.54. The summed E-state index contributed by atoms with van der Waals surface area (Å²) < 4.78 is 0. The zero-order chi connectivity index (χ0) is 8.55. The third-order valence-corrected chi connectivity index (χ3v) is 2.10. The van der Waals surface area contributed by atoms with Gasteiger partial charge in [0.2, 0.25) is 0 Å². The molecule has 0 saturated carbocycles. The second kappa shape index (κ2) is 2.64. The van der Waals surface area contributed by atoms with E-state index in [9.17, 15) is 5.21 Å². The number of nitrogens with zero attached hydrogens (tertiary/aromatic N) is 1. The predicted octanol–water partition coefficient (Wildman–Crippen LogP) is 2.22. The number of fused-ring (bicyclic) bond motifs is 1. The van der Waals surface area contributed by atoms with Crippen LogP contribution in [0.25, 0.3) is 6.08 Å². The van der Waals surface area contributed by atoms with Crippen LogP contribution in [0.5, 0.6) is 0 Å². The van der Waals surface area contributed by atoms with Crippen LogP contribution in [0, 0.1) is 6.92 Å². The molecule has 0 bridgehead atoms. The number of benzene rings is 1. The summed E-state index contributed by atoms with van der Waals surface area (Å²) in [6.45, 7) is 2.58. The molecule has 0 saturated heterocycles. The maximum absolute atomic E-state index is 9.52. The van der Waals surface area contributed by atoms with E-state index in [1.807, 2.05) is 37.3 Å². The molecule has 1 aromatic carbocycles. The van der Waals surface area contributed by atoms with Crippen LogP contribution in [0.15, 0.2) is 24.3 Å². The highest BCUT2D eigenvalue weighted by atomic mass is 16.5. The molecule has 0 aliphatic carbocycles. The van der Waals surface area contributed by atoms with E-state index < -0.39 is 0 Å². The average molecular weight is 161 g/mol. The van der Waals surface area contributed by atoms with Gasteiger partial charge in [0.1, 0.15) is 0 Å². The minimum atomic E-state index is 0.581. The van der Waals surface area contributed by atoms with Gasteiger partial charge in [0.05, 0.1) is 12.2 Å². The van der Waals surface area contributed by atoms with Crippen LogP contribution in [0.4, 0.5) is 5.69 Å². The molecule has 0 amide bonds. The fourth-order valence-electron chi connectivity index (χ4n) is 1.54. The van der Waals surface area contributed by atoms with Crippen LogP contribution in [-0.4, -0.2) is 11.8 Å². The van der Waals surface area contributed by atoms with Crippen molar-refractivity contribution >= 4 is 11.8 Å². The molecular formula is C10H11NO. The number of hydrogen-bond acceptors (Lipinski definition) is 2. The molecule has 0 atom stereocenters. The van der Waals surface area contributed by atoms with E-state index in [4.69, 9.17) is 0 Å². The van der Waals surface area contributed by atoms with E-state index in [2.05, 4.69) is 0 Å². The van der Waals surface area contributed by atoms with Gasteiger partial charge in [0.25, 0.3) is 0 Å². The van der Waals surface area contributed by atoms with Crippen LogP contribution in [0.2, 0.25) is 0 Å². The first-order chi connectivity index (χ1) is 5.79. The highest BCUT2D eigenvalue weighted by Crippen LogP contribution is 2.27. The molecule has 2 rings (SSSR count). The lowest BCUT2D eigenvalue weighted by Crippen LogP contribution is -2.21. The van der Waals surface area contributed by atoms with Gasteiger partial charge in [-0.05, 0) is 12.5 Å². The van der Waals surface area contributed by atoms with Gasteiger partial charge in [-0.25, -0.2) is 0 Å². The molecule has 12 heavy (non-hydrogen) atoms. The second-order valence-corrected chi connectivity index (χ2v) is 3.00. The Morgan fingerprint density at radius 3 is 3.00 bits per heavy atom. The first kappa shape index (κ1) is 7.37. The fraction of sp³-hybridized carbons (Fsp3) is 0.200. The monoisotopic (exact) mass is 161 g/mol. The van der Waals surface area contributed by atoms with Crippen molar-refractivity contribution in [1.29, 1.82) is 0 Å². The summed E-state index contributed by atoms with van der Waals surface area (Å²) in [5.74, 6) is 0. The topological polar surface area (TPSA) is 23.5 Å². The summed E-state index contributed by atoms with van der Waals surface area (Å²) in [4.78, 5) is 0. The van der Waals surface area contributed by atoms with Gasteiger partial charge in [-0.15, -0.1) is 0 Å². The summed E-state index contributed by atoms with van der Waals surface area (Å²) in [6, 6.07) is 6.00. The standard InChI is InChI=1S/C10H11NO/c1-8-4-2-5-9-6-3-7-11(12)10(8)9/h2-6,12H,7H2,1H3. The van der Waals surface area contributed by atoms with Crippen molar-refractivity contribution in [1.82, 2.24) is 0 Å². The van der Waals surface area contributed by atoms with E-state index >= 15 is 0 Å². The Bertz CT molecular complexity index is 331. The molecule has 2 heteroatoms. The van der Waals surface area contributed by atoms with Gasteiger partial charge in [-0.3, -0.25) is 10.3 Å². The first-order valence-electron chi connectivity index (χ1n) is 4.01. The van der Waals surface area contributed by atoms with Crippen molar-refractivity contribution in [3.05, 3.63) is 35.4 Å². The molecule has 1 aliphatic rings. The molecule has 0 spiro atoms. The smallest absolute Gasteiger partial charge is 0.0739 e. The molecule has 1 aromatic rings. The predicted molar refractivity (Wildman–Crippen MR) is 49.3 cm³/mol. The summed E-state index contributed by atoms with van der Waals surface area (Å²) in [6.07, 6.45) is 3.98. The first-order valence-corrected chi connectivity index (χ1v) is 4.01. The Kier molecular flexibility index (Phi) is 1.62. The largest absolute Gasteiger partial charge is 0.288 e. The minimum Gasteiger partial charge on any atom is -0.288 e. The van der Waals surface area contributed by atoms with Crippen molar-refractivity contribution in [2.24, 2.45) is 0 Å². The number of aryl methyl sites for hydroxylation is 1. The SMILES string of the molecule is Cc1cccc2c1N(O)CC=C2. The third kappa shape index (κ3) is 1.01. The summed E-state index contributed by atoms with van der Waals surface area (Å²) >= 11 is 0. The Morgan fingerprint density at radius 1 is 1.42 bits per heavy atom. The Balaban J connectivity index is 2.62. The van der Waals surface area contributed by atoms with E-state index in [-0.39, 0.29) is 0 Å². The van der Waals surface area contributed by atoms with Crippen molar-refractivity contribution in [2.45, 2.75) is 6.92 Å². The summed E-state index contributed by atoms with van der Waals surface area (Å²) in [7, 11) is 0. The van der Waals surface area contributed by atoms with Crippen molar-refractivity contribution in [2.75, 3.05) is 11.6 Å². The zero-order valence-electron chi connectivity index (χ0n) is 6.99. The maximum atomic E-state index is 9.52. The number of para-hydroxylation sites is 1.